The second-order valence-corrected chi connectivity index (χ2v) is 4.70. The lowest BCUT2D eigenvalue weighted by Gasteiger charge is -2.23. The van der Waals surface area contributed by atoms with Crippen LogP contribution in [0.5, 0.6) is 0 Å². The summed E-state index contributed by atoms with van der Waals surface area (Å²) in [4.78, 5) is 0. The van der Waals surface area contributed by atoms with Gasteiger partial charge in [0.1, 0.15) is 0 Å². The van der Waals surface area contributed by atoms with Crippen LogP contribution in [0.3, 0.4) is 0 Å². The zero-order valence-corrected chi connectivity index (χ0v) is 11.2. The largest absolute Gasteiger partial charge is 0.416 e. The molecule has 0 saturated carbocycles. The lowest BCUT2D eigenvalue weighted by Crippen LogP contribution is -2.31. The summed E-state index contributed by atoms with van der Waals surface area (Å²) in [6.07, 6.45) is -4.26. The molecule has 0 heterocycles. The molecule has 1 nitrogen and oxygen atoms in total. The molecule has 102 valence electrons. The zero-order valence-electron chi connectivity index (χ0n) is 11.2. The maximum absolute atomic E-state index is 12.6. The van der Waals surface area contributed by atoms with Gasteiger partial charge in [0.25, 0.3) is 0 Å². The summed E-state index contributed by atoms with van der Waals surface area (Å²) in [7, 11) is 0. The Morgan fingerprint density at radius 2 is 1.83 bits per heavy atom. The number of aryl methyl sites for hydroxylation is 1. The van der Waals surface area contributed by atoms with Crippen LogP contribution in [-0.4, -0.2) is 12.6 Å². The zero-order chi connectivity index (χ0) is 13.9. The lowest BCUT2D eigenvalue weighted by atomic mass is 9.90. The van der Waals surface area contributed by atoms with E-state index in [4.69, 9.17) is 0 Å². The molecule has 4 heteroatoms. The van der Waals surface area contributed by atoms with E-state index in [1.165, 1.54) is 6.07 Å². The fraction of sp³-hybridized carbons (Fsp3) is 0.571. The summed E-state index contributed by atoms with van der Waals surface area (Å²) in [6, 6.07) is 4.23. The van der Waals surface area contributed by atoms with E-state index in [2.05, 4.69) is 5.32 Å². The van der Waals surface area contributed by atoms with Gasteiger partial charge in [-0.2, -0.15) is 13.2 Å². The van der Waals surface area contributed by atoms with E-state index in [0.717, 1.165) is 18.2 Å². The quantitative estimate of drug-likeness (QED) is 0.857. The van der Waals surface area contributed by atoms with Crippen LogP contribution in [0.4, 0.5) is 13.2 Å². The third-order valence-corrected chi connectivity index (χ3v) is 3.36. The first-order valence-electron chi connectivity index (χ1n) is 6.18. The van der Waals surface area contributed by atoms with E-state index in [9.17, 15) is 13.2 Å². The Labute approximate surface area is 106 Å². The smallest absolute Gasteiger partial charge is 0.314 e. The van der Waals surface area contributed by atoms with Crippen molar-refractivity contribution in [3.05, 3.63) is 34.9 Å². The van der Waals surface area contributed by atoms with Gasteiger partial charge in [0.15, 0.2) is 0 Å². The molecule has 0 amide bonds. The SMILES string of the molecule is CCNC(C)C(C)c1ccc(C(F)(F)F)cc1C. The molecule has 0 bridgehead atoms. The van der Waals surface area contributed by atoms with Crippen molar-refractivity contribution < 1.29 is 13.2 Å². The van der Waals surface area contributed by atoms with Crippen LogP contribution in [0.1, 0.15) is 43.4 Å². The van der Waals surface area contributed by atoms with Crippen molar-refractivity contribution >= 4 is 0 Å². The lowest BCUT2D eigenvalue weighted by molar-refractivity contribution is -0.137. The predicted octanol–water partition coefficient (Wildman–Crippen LogP) is 4.12. The van der Waals surface area contributed by atoms with Crippen LogP contribution in [0.25, 0.3) is 0 Å². The molecular weight excluding hydrogens is 239 g/mol. The van der Waals surface area contributed by atoms with Crippen molar-refractivity contribution in [2.24, 2.45) is 0 Å². The van der Waals surface area contributed by atoms with Crippen molar-refractivity contribution in [3.63, 3.8) is 0 Å². The van der Waals surface area contributed by atoms with Crippen LogP contribution >= 0.6 is 0 Å². The number of benzene rings is 1. The Morgan fingerprint density at radius 3 is 2.28 bits per heavy atom. The number of rotatable bonds is 4. The second-order valence-electron chi connectivity index (χ2n) is 4.70. The fourth-order valence-corrected chi connectivity index (χ4v) is 2.13. The minimum Gasteiger partial charge on any atom is -0.314 e. The third kappa shape index (κ3) is 3.48. The molecule has 1 rings (SSSR count). The first-order valence-corrected chi connectivity index (χ1v) is 6.18. The predicted molar refractivity (Wildman–Crippen MR) is 67.7 cm³/mol. The summed E-state index contributed by atoms with van der Waals surface area (Å²) in [6.45, 7) is 8.68. The third-order valence-electron chi connectivity index (χ3n) is 3.36. The summed E-state index contributed by atoms with van der Waals surface area (Å²) in [5, 5.41) is 3.29. The van der Waals surface area contributed by atoms with Crippen molar-refractivity contribution in [1.29, 1.82) is 0 Å². The molecule has 1 aromatic rings. The number of alkyl halides is 3. The molecule has 0 fully saturated rings. The Kier molecular flexibility index (Phi) is 4.79. The topological polar surface area (TPSA) is 12.0 Å². The van der Waals surface area contributed by atoms with E-state index >= 15 is 0 Å². The summed E-state index contributed by atoms with van der Waals surface area (Å²) >= 11 is 0. The Hall–Kier alpha value is -1.03. The summed E-state index contributed by atoms with van der Waals surface area (Å²) in [5.74, 6) is 0.187. The van der Waals surface area contributed by atoms with Gasteiger partial charge in [0.2, 0.25) is 0 Å². The van der Waals surface area contributed by atoms with Gasteiger partial charge in [-0.05, 0) is 49.6 Å². The minimum atomic E-state index is -4.26. The first kappa shape index (κ1) is 15.0. The van der Waals surface area contributed by atoms with Crippen LogP contribution < -0.4 is 5.32 Å². The van der Waals surface area contributed by atoms with Crippen molar-refractivity contribution in [2.75, 3.05) is 6.54 Å². The monoisotopic (exact) mass is 259 g/mol. The van der Waals surface area contributed by atoms with Crippen LogP contribution in [0.15, 0.2) is 18.2 Å². The summed E-state index contributed by atoms with van der Waals surface area (Å²) in [5.41, 5.74) is 1.09. The standard InChI is InChI=1S/C14H20F3N/c1-5-18-11(4)10(3)13-7-6-12(8-9(13)2)14(15,16)17/h6-8,10-11,18H,5H2,1-4H3. The number of halogens is 3. The molecule has 0 aromatic heterocycles. The molecule has 2 atom stereocenters. The van der Waals surface area contributed by atoms with Gasteiger partial charge in [-0.1, -0.05) is 19.9 Å². The Morgan fingerprint density at radius 1 is 1.22 bits per heavy atom. The first-order chi connectivity index (χ1) is 8.27. The Balaban J connectivity index is 2.99. The highest BCUT2D eigenvalue weighted by molar-refractivity contribution is 5.35. The molecule has 2 unspecified atom stereocenters. The minimum absolute atomic E-state index is 0.187. The van der Waals surface area contributed by atoms with E-state index in [-0.39, 0.29) is 12.0 Å². The number of hydrogen-bond donors (Lipinski definition) is 1. The maximum atomic E-state index is 12.6. The van der Waals surface area contributed by atoms with Gasteiger partial charge >= 0.3 is 6.18 Å². The molecule has 1 aromatic carbocycles. The average molecular weight is 259 g/mol. The van der Waals surface area contributed by atoms with Crippen LogP contribution in [-0.2, 0) is 6.18 Å². The van der Waals surface area contributed by atoms with Crippen molar-refractivity contribution in [1.82, 2.24) is 5.32 Å². The molecule has 1 N–H and O–H groups in total. The molecule has 18 heavy (non-hydrogen) atoms. The molecule has 0 aliphatic rings. The second kappa shape index (κ2) is 5.74. The Bertz CT molecular complexity index is 399. The van der Waals surface area contributed by atoms with E-state index < -0.39 is 11.7 Å². The average Bonchev–Trinajstić information content (AvgIpc) is 2.27. The molecular formula is C14H20F3N. The molecule has 0 radical (unpaired) electrons. The molecule has 0 saturated heterocycles. The van der Waals surface area contributed by atoms with Gasteiger partial charge in [-0.15, -0.1) is 0 Å². The van der Waals surface area contributed by atoms with Crippen LogP contribution in [0.2, 0.25) is 0 Å². The molecule has 0 spiro atoms. The fourth-order valence-electron chi connectivity index (χ4n) is 2.13. The molecule has 0 aliphatic carbocycles. The number of likely N-dealkylation sites (N-methyl/N-ethyl adjacent to an activating group) is 1. The van der Waals surface area contributed by atoms with Gasteiger partial charge < -0.3 is 5.32 Å². The van der Waals surface area contributed by atoms with Gasteiger partial charge in [-0.25, -0.2) is 0 Å². The summed E-state index contributed by atoms with van der Waals surface area (Å²) < 4.78 is 37.7. The van der Waals surface area contributed by atoms with E-state index in [1.807, 2.05) is 20.8 Å². The highest BCUT2D eigenvalue weighted by atomic mass is 19.4. The van der Waals surface area contributed by atoms with Gasteiger partial charge in [0.05, 0.1) is 5.56 Å². The van der Waals surface area contributed by atoms with Gasteiger partial charge in [-0.3, -0.25) is 0 Å². The van der Waals surface area contributed by atoms with Crippen molar-refractivity contribution in [3.8, 4) is 0 Å². The van der Waals surface area contributed by atoms with Crippen molar-refractivity contribution in [2.45, 2.75) is 45.8 Å². The molecule has 0 aliphatic heterocycles. The highest BCUT2D eigenvalue weighted by Crippen LogP contribution is 2.32. The van der Waals surface area contributed by atoms with Crippen LogP contribution in [0, 0.1) is 6.92 Å². The number of hydrogen-bond acceptors (Lipinski definition) is 1. The normalized spacial score (nSPS) is 15.5. The van der Waals surface area contributed by atoms with Gasteiger partial charge in [0, 0.05) is 6.04 Å². The van der Waals surface area contributed by atoms with E-state index in [0.29, 0.717) is 5.56 Å². The maximum Gasteiger partial charge on any atom is 0.416 e. The highest BCUT2D eigenvalue weighted by Gasteiger charge is 2.31. The van der Waals surface area contributed by atoms with E-state index in [1.54, 1.807) is 13.0 Å². The number of nitrogens with one attached hydrogen (secondary N) is 1.